The van der Waals surface area contributed by atoms with Gasteiger partial charge in [-0.2, -0.15) is 5.10 Å². The smallest absolute Gasteiger partial charge is 0.261 e. The van der Waals surface area contributed by atoms with Crippen molar-refractivity contribution in [2.24, 2.45) is 0 Å². The van der Waals surface area contributed by atoms with Crippen LogP contribution in [0.2, 0.25) is 0 Å². The molecule has 0 saturated carbocycles. The van der Waals surface area contributed by atoms with E-state index in [4.69, 9.17) is 9.47 Å². The molecule has 2 N–H and O–H groups in total. The standard InChI is InChI=1S/C22H27N5O4/c1-3-4-16-9-18(19(10-20(16)31-14-28)26-5-7-30-8-6-26)25-22(29)17-12-24-27-13-15(2)11-23-21(17)27/h9-13,28H,3-8,14H2,1-2H3,(H,25,29). The van der Waals surface area contributed by atoms with E-state index in [-0.39, 0.29) is 5.91 Å². The topological polar surface area (TPSA) is 101 Å². The van der Waals surface area contributed by atoms with Gasteiger partial charge in [-0.3, -0.25) is 4.79 Å². The molecule has 0 spiro atoms. The van der Waals surface area contributed by atoms with Crippen molar-refractivity contribution in [3.8, 4) is 5.75 Å². The van der Waals surface area contributed by atoms with Crippen LogP contribution in [0, 0.1) is 6.92 Å². The highest BCUT2D eigenvalue weighted by Gasteiger charge is 2.21. The maximum Gasteiger partial charge on any atom is 0.261 e. The number of ether oxygens (including phenoxy) is 2. The third-order valence-electron chi connectivity index (χ3n) is 5.25. The van der Waals surface area contributed by atoms with E-state index in [0.717, 1.165) is 29.7 Å². The fraction of sp³-hybridized carbons (Fsp3) is 0.409. The van der Waals surface area contributed by atoms with E-state index < -0.39 is 6.79 Å². The first kappa shape index (κ1) is 21.1. The van der Waals surface area contributed by atoms with Crippen LogP contribution in [0.15, 0.2) is 30.7 Å². The van der Waals surface area contributed by atoms with Crippen LogP contribution in [0.1, 0.15) is 34.8 Å². The quantitative estimate of drug-likeness (QED) is 0.561. The monoisotopic (exact) mass is 425 g/mol. The van der Waals surface area contributed by atoms with Crippen molar-refractivity contribution in [2.45, 2.75) is 26.7 Å². The van der Waals surface area contributed by atoms with E-state index in [9.17, 15) is 9.90 Å². The van der Waals surface area contributed by atoms with E-state index in [2.05, 4.69) is 27.2 Å². The van der Waals surface area contributed by atoms with Gasteiger partial charge in [-0.25, -0.2) is 9.50 Å². The van der Waals surface area contributed by atoms with E-state index in [1.165, 1.54) is 6.20 Å². The molecule has 2 aromatic heterocycles. The number of hydrogen-bond acceptors (Lipinski definition) is 7. The van der Waals surface area contributed by atoms with Crippen LogP contribution in [0.3, 0.4) is 0 Å². The number of aliphatic hydroxyl groups excluding tert-OH is 1. The summed E-state index contributed by atoms with van der Waals surface area (Å²) in [6, 6.07) is 3.82. The lowest BCUT2D eigenvalue weighted by atomic mass is 10.1. The molecule has 1 fully saturated rings. The van der Waals surface area contributed by atoms with Crippen LogP contribution in [0.25, 0.3) is 5.65 Å². The lowest BCUT2D eigenvalue weighted by Gasteiger charge is -2.31. The predicted molar refractivity (Wildman–Crippen MR) is 117 cm³/mol. The zero-order valence-corrected chi connectivity index (χ0v) is 17.8. The SMILES string of the molecule is CCCc1cc(NC(=O)c2cnn3cc(C)cnc23)c(N2CCOCC2)cc1OCO. The summed E-state index contributed by atoms with van der Waals surface area (Å²) in [4.78, 5) is 19.7. The molecule has 3 heterocycles. The van der Waals surface area contributed by atoms with Gasteiger partial charge in [-0.05, 0) is 30.5 Å². The zero-order valence-electron chi connectivity index (χ0n) is 17.8. The molecular formula is C22H27N5O4. The number of morpholine rings is 1. The van der Waals surface area contributed by atoms with Gasteiger partial charge in [0, 0.05) is 31.5 Å². The fourth-order valence-corrected chi connectivity index (χ4v) is 3.77. The third kappa shape index (κ3) is 4.47. The van der Waals surface area contributed by atoms with Gasteiger partial charge in [0.1, 0.15) is 11.3 Å². The number of hydrogen-bond donors (Lipinski definition) is 2. The molecule has 0 unspecified atom stereocenters. The maximum atomic E-state index is 13.2. The number of carbonyl (C=O) groups is 1. The minimum atomic E-state index is -0.404. The Bertz CT molecular complexity index is 1080. The number of benzene rings is 1. The molecule has 9 heteroatoms. The summed E-state index contributed by atoms with van der Waals surface area (Å²) in [5, 5.41) is 16.6. The first-order chi connectivity index (χ1) is 15.1. The minimum absolute atomic E-state index is 0.279. The molecule has 1 saturated heterocycles. The second-order valence-electron chi connectivity index (χ2n) is 7.51. The average Bonchev–Trinajstić information content (AvgIpc) is 3.19. The Hall–Kier alpha value is -3.17. The summed E-state index contributed by atoms with van der Waals surface area (Å²) in [6.45, 7) is 6.21. The number of nitrogens with one attached hydrogen (secondary N) is 1. The van der Waals surface area contributed by atoms with Gasteiger partial charge in [-0.1, -0.05) is 13.3 Å². The van der Waals surface area contributed by atoms with Gasteiger partial charge in [0.05, 0.1) is 30.8 Å². The van der Waals surface area contributed by atoms with Crippen LogP contribution < -0.4 is 15.0 Å². The molecule has 0 radical (unpaired) electrons. The molecule has 0 aliphatic carbocycles. The van der Waals surface area contributed by atoms with Gasteiger partial charge in [0.25, 0.3) is 5.91 Å². The summed E-state index contributed by atoms with van der Waals surface area (Å²) >= 11 is 0. The normalized spacial score (nSPS) is 14.1. The molecule has 1 aromatic carbocycles. The Kier molecular flexibility index (Phi) is 6.34. The van der Waals surface area contributed by atoms with E-state index in [1.807, 2.05) is 25.3 Å². The maximum absolute atomic E-state index is 13.2. The molecule has 1 aliphatic rings. The number of aliphatic hydroxyl groups is 1. The van der Waals surface area contributed by atoms with E-state index in [0.29, 0.717) is 49.0 Å². The lowest BCUT2D eigenvalue weighted by molar-refractivity contribution is 0.0972. The molecule has 164 valence electrons. The molecule has 31 heavy (non-hydrogen) atoms. The molecule has 1 aliphatic heterocycles. The van der Waals surface area contributed by atoms with Crippen molar-refractivity contribution in [1.29, 1.82) is 0 Å². The highest BCUT2D eigenvalue weighted by molar-refractivity contribution is 6.09. The predicted octanol–water partition coefficient (Wildman–Crippen LogP) is 2.41. The van der Waals surface area contributed by atoms with E-state index >= 15 is 0 Å². The number of carbonyl (C=O) groups excluding carboxylic acids is 1. The summed E-state index contributed by atoms with van der Waals surface area (Å²) in [6.07, 6.45) is 6.75. The van der Waals surface area contributed by atoms with Crippen molar-refractivity contribution < 1.29 is 19.4 Å². The molecule has 4 rings (SSSR count). The fourth-order valence-electron chi connectivity index (χ4n) is 3.77. The van der Waals surface area contributed by atoms with Crippen LogP contribution in [-0.4, -0.2) is 58.7 Å². The Labute approximate surface area is 180 Å². The minimum Gasteiger partial charge on any atom is -0.467 e. The molecule has 0 atom stereocenters. The third-order valence-corrected chi connectivity index (χ3v) is 5.25. The van der Waals surface area contributed by atoms with Gasteiger partial charge < -0.3 is 24.8 Å². The molecule has 0 bridgehead atoms. The van der Waals surface area contributed by atoms with Gasteiger partial charge >= 0.3 is 0 Å². The number of anilines is 2. The van der Waals surface area contributed by atoms with Crippen LogP contribution in [0.5, 0.6) is 5.75 Å². The number of amides is 1. The highest BCUT2D eigenvalue weighted by Crippen LogP contribution is 2.35. The van der Waals surface area contributed by atoms with Crippen molar-refractivity contribution in [2.75, 3.05) is 43.3 Å². The summed E-state index contributed by atoms with van der Waals surface area (Å²) in [5.74, 6) is 0.344. The van der Waals surface area contributed by atoms with Gasteiger partial charge in [-0.15, -0.1) is 0 Å². The van der Waals surface area contributed by atoms with Crippen LogP contribution >= 0.6 is 0 Å². The largest absolute Gasteiger partial charge is 0.467 e. The highest BCUT2D eigenvalue weighted by atomic mass is 16.6. The van der Waals surface area contributed by atoms with Crippen LogP contribution in [0.4, 0.5) is 11.4 Å². The number of rotatable bonds is 7. The van der Waals surface area contributed by atoms with Crippen LogP contribution in [-0.2, 0) is 11.2 Å². The average molecular weight is 425 g/mol. The first-order valence-electron chi connectivity index (χ1n) is 10.4. The Morgan fingerprint density at radius 3 is 2.84 bits per heavy atom. The van der Waals surface area contributed by atoms with Crippen molar-refractivity contribution >= 4 is 22.9 Å². The Balaban J connectivity index is 1.72. The molecule has 1 amide bonds. The van der Waals surface area contributed by atoms with Gasteiger partial charge in [0.15, 0.2) is 12.4 Å². The molecule has 9 nitrogen and oxygen atoms in total. The molecular weight excluding hydrogens is 398 g/mol. The number of nitrogens with zero attached hydrogens (tertiary/aromatic N) is 4. The summed E-state index contributed by atoms with van der Waals surface area (Å²) in [5.41, 5.74) is 4.32. The lowest BCUT2D eigenvalue weighted by Crippen LogP contribution is -2.37. The number of aryl methyl sites for hydroxylation is 2. The zero-order chi connectivity index (χ0) is 21.8. The second-order valence-corrected chi connectivity index (χ2v) is 7.51. The first-order valence-corrected chi connectivity index (χ1v) is 10.4. The number of fused-ring (bicyclic) bond motifs is 1. The van der Waals surface area contributed by atoms with Crippen molar-refractivity contribution in [1.82, 2.24) is 14.6 Å². The Morgan fingerprint density at radius 1 is 1.29 bits per heavy atom. The number of aromatic nitrogens is 3. The Morgan fingerprint density at radius 2 is 2.10 bits per heavy atom. The summed E-state index contributed by atoms with van der Waals surface area (Å²) in [7, 11) is 0. The van der Waals surface area contributed by atoms with Gasteiger partial charge in [0.2, 0.25) is 0 Å². The van der Waals surface area contributed by atoms with Crippen molar-refractivity contribution in [3.63, 3.8) is 0 Å². The van der Waals surface area contributed by atoms with E-state index in [1.54, 1.807) is 10.7 Å². The molecule has 3 aromatic rings. The summed E-state index contributed by atoms with van der Waals surface area (Å²) < 4.78 is 12.6. The second kappa shape index (κ2) is 9.32. The van der Waals surface area contributed by atoms with Crippen molar-refractivity contribution in [3.05, 3.63) is 47.4 Å².